The maximum Gasteiger partial charge on any atom is 0.417 e. The SMILES string of the molecule is O=C(c1ccco1)N1CCC(NS(=O)(=O)c2ccc(Cl)c(C(F)(F)F)c2)CC1. The van der Waals surface area contributed by atoms with Crippen molar-refractivity contribution in [1.29, 1.82) is 0 Å². The molecule has 2 aromatic rings. The minimum absolute atomic E-state index is 0.194. The number of hydrogen-bond acceptors (Lipinski definition) is 4. The lowest BCUT2D eigenvalue weighted by molar-refractivity contribution is -0.137. The zero-order chi connectivity index (χ0) is 20.5. The molecule has 0 radical (unpaired) electrons. The van der Waals surface area contributed by atoms with Crippen molar-refractivity contribution in [1.82, 2.24) is 9.62 Å². The second-order valence-electron chi connectivity index (χ2n) is 6.30. The van der Waals surface area contributed by atoms with E-state index in [2.05, 4.69) is 4.72 Å². The number of carbonyl (C=O) groups excluding carboxylic acids is 1. The molecule has 1 aromatic carbocycles. The second kappa shape index (κ2) is 7.76. The van der Waals surface area contributed by atoms with Crippen LogP contribution in [0.2, 0.25) is 5.02 Å². The Morgan fingerprint density at radius 2 is 1.89 bits per heavy atom. The Hall–Kier alpha value is -2.04. The standard InChI is InChI=1S/C17H16ClF3N2O4S/c18-14-4-3-12(10-13(14)17(19,20)21)28(25,26)22-11-5-7-23(8-6-11)16(24)15-2-1-9-27-15/h1-4,9-11,22H,5-8H2. The average molecular weight is 437 g/mol. The molecular weight excluding hydrogens is 421 g/mol. The number of nitrogens with one attached hydrogen (secondary N) is 1. The Morgan fingerprint density at radius 1 is 1.21 bits per heavy atom. The third-order valence-electron chi connectivity index (χ3n) is 4.39. The monoisotopic (exact) mass is 436 g/mol. The van der Waals surface area contributed by atoms with Gasteiger partial charge in [0.1, 0.15) is 0 Å². The van der Waals surface area contributed by atoms with E-state index in [-0.39, 0.29) is 11.7 Å². The van der Waals surface area contributed by atoms with Crippen LogP contribution in [0, 0.1) is 0 Å². The van der Waals surface area contributed by atoms with Crippen molar-refractivity contribution in [3.63, 3.8) is 0 Å². The fourth-order valence-electron chi connectivity index (χ4n) is 2.93. The fourth-order valence-corrected chi connectivity index (χ4v) is 4.49. The van der Waals surface area contributed by atoms with Crippen LogP contribution in [0.1, 0.15) is 29.0 Å². The molecule has 1 saturated heterocycles. The topological polar surface area (TPSA) is 79.6 Å². The minimum atomic E-state index is -4.76. The minimum Gasteiger partial charge on any atom is -0.459 e. The van der Waals surface area contributed by atoms with Gasteiger partial charge in [-0.1, -0.05) is 11.6 Å². The Kier molecular flexibility index (Phi) is 5.74. The van der Waals surface area contributed by atoms with Gasteiger partial charge >= 0.3 is 6.18 Å². The zero-order valence-electron chi connectivity index (χ0n) is 14.4. The van der Waals surface area contributed by atoms with Crippen LogP contribution in [0.25, 0.3) is 0 Å². The quantitative estimate of drug-likeness (QED) is 0.795. The number of benzene rings is 1. The van der Waals surface area contributed by atoms with E-state index >= 15 is 0 Å². The fraction of sp³-hybridized carbons (Fsp3) is 0.353. The van der Waals surface area contributed by atoms with E-state index in [1.807, 2.05) is 0 Å². The van der Waals surface area contributed by atoms with E-state index in [1.54, 1.807) is 6.07 Å². The molecule has 1 fully saturated rings. The summed E-state index contributed by atoms with van der Waals surface area (Å²) < 4.78 is 71.3. The molecule has 1 N–H and O–H groups in total. The van der Waals surface area contributed by atoms with Crippen molar-refractivity contribution in [2.45, 2.75) is 30.0 Å². The molecule has 1 aliphatic rings. The lowest BCUT2D eigenvalue weighted by Crippen LogP contribution is -2.46. The van der Waals surface area contributed by atoms with Crippen LogP contribution in [0.5, 0.6) is 0 Å². The molecule has 0 atom stereocenters. The highest BCUT2D eigenvalue weighted by Gasteiger charge is 2.35. The first-order valence-electron chi connectivity index (χ1n) is 8.30. The molecule has 11 heteroatoms. The largest absolute Gasteiger partial charge is 0.459 e. The smallest absolute Gasteiger partial charge is 0.417 e. The van der Waals surface area contributed by atoms with Crippen molar-refractivity contribution in [3.8, 4) is 0 Å². The number of rotatable bonds is 4. The molecular formula is C17H16ClF3N2O4S. The number of halogens is 4. The molecule has 152 valence electrons. The van der Waals surface area contributed by atoms with Crippen molar-refractivity contribution >= 4 is 27.5 Å². The van der Waals surface area contributed by atoms with Crippen molar-refractivity contribution in [2.24, 2.45) is 0 Å². The Balaban J connectivity index is 1.67. The summed E-state index contributed by atoms with van der Waals surface area (Å²) in [6.45, 7) is 0.586. The number of carbonyl (C=O) groups is 1. The predicted molar refractivity (Wildman–Crippen MR) is 94.4 cm³/mol. The van der Waals surface area contributed by atoms with Crippen LogP contribution in [0.15, 0.2) is 45.9 Å². The lowest BCUT2D eigenvalue weighted by atomic mass is 10.1. The number of furan rings is 1. The maximum atomic E-state index is 13.0. The Bertz CT molecular complexity index is 953. The van der Waals surface area contributed by atoms with Gasteiger partial charge in [0, 0.05) is 19.1 Å². The first kappa shape index (κ1) is 20.7. The molecule has 0 aliphatic carbocycles. The van der Waals surface area contributed by atoms with Gasteiger partial charge in [0.05, 0.1) is 21.7 Å². The van der Waals surface area contributed by atoms with Gasteiger partial charge in [-0.25, -0.2) is 13.1 Å². The number of nitrogens with zero attached hydrogens (tertiary/aromatic N) is 1. The predicted octanol–water partition coefficient (Wildman–Crippen LogP) is 3.53. The number of amides is 1. The summed E-state index contributed by atoms with van der Waals surface area (Å²) in [6.07, 6.45) is -2.73. The van der Waals surface area contributed by atoms with Crippen LogP contribution < -0.4 is 4.72 Å². The first-order chi connectivity index (χ1) is 13.1. The molecule has 3 rings (SSSR count). The zero-order valence-corrected chi connectivity index (χ0v) is 15.9. The molecule has 0 bridgehead atoms. The Morgan fingerprint density at radius 3 is 2.46 bits per heavy atom. The van der Waals surface area contributed by atoms with E-state index in [4.69, 9.17) is 16.0 Å². The molecule has 1 aromatic heterocycles. The summed E-state index contributed by atoms with van der Waals surface area (Å²) in [4.78, 5) is 13.2. The average Bonchev–Trinajstić information content (AvgIpc) is 3.15. The molecule has 1 amide bonds. The van der Waals surface area contributed by atoms with Gasteiger partial charge in [-0.15, -0.1) is 0 Å². The number of alkyl halides is 3. The molecule has 0 spiro atoms. The van der Waals surface area contributed by atoms with Gasteiger partial charge in [-0.05, 0) is 43.2 Å². The van der Waals surface area contributed by atoms with Gasteiger partial charge in [0.15, 0.2) is 5.76 Å². The number of likely N-dealkylation sites (tertiary alicyclic amines) is 1. The summed E-state index contributed by atoms with van der Waals surface area (Å²) >= 11 is 5.53. The van der Waals surface area contributed by atoms with Crippen LogP contribution in [-0.2, 0) is 16.2 Å². The highest BCUT2D eigenvalue weighted by atomic mass is 35.5. The van der Waals surface area contributed by atoms with E-state index in [0.29, 0.717) is 32.0 Å². The maximum absolute atomic E-state index is 13.0. The third-order valence-corrected chi connectivity index (χ3v) is 6.24. The van der Waals surface area contributed by atoms with Gasteiger partial charge in [-0.2, -0.15) is 13.2 Å². The van der Waals surface area contributed by atoms with Gasteiger partial charge in [0.25, 0.3) is 5.91 Å². The van der Waals surface area contributed by atoms with Crippen molar-refractivity contribution < 1.29 is 30.8 Å². The third kappa shape index (κ3) is 4.50. The molecule has 0 saturated carbocycles. The molecule has 1 aliphatic heterocycles. The second-order valence-corrected chi connectivity index (χ2v) is 8.43. The van der Waals surface area contributed by atoms with Gasteiger partial charge in [0.2, 0.25) is 10.0 Å². The first-order valence-corrected chi connectivity index (χ1v) is 10.2. The number of hydrogen-bond donors (Lipinski definition) is 1. The van der Waals surface area contributed by atoms with Crippen LogP contribution in [0.3, 0.4) is 0 Å². The van der Waals surface area contributed by atoms with E-state index in [9.17, 15) is 26.4 Å². The normalized spacial score (nSPS) is 16.4. The van der Waals surface area contributed by atoms with Crippen LogP contribution in [0.4, 0.5) is 13.2 Å². The van der Waals surface area contributed by atoms with Crippen LogP contribution in [-0.4, -0.2) is 38.4 Å². The highest BCUT2D eigenvalue weighted by molar-refractivity contribution is 7.89. The van der Waals surface area contributed by atoms with E-state index in [0.717, 1.165) is 12.1 Å². The van der Waals surface area contributed by atoms with Crippen molar-refractivity contribution in [2.75, 3.05) is 13.1 Å². The summed E-state index contributed by atoms with van der Waals surface area (Å²) in [7, 11) is -4.17. The van der Waals surface area contributed by atoms with Crippen molar-refractivity contribution in [3.05, 3.63) is 52.9 Å². The van der Waals surface area contributed by atoms with Crippen LogP contribution >= 0.6 is 11.6 Å². The summed E-state index contributed by atoms with van der Waals surface area (Å²) in [5.74, 6) is -0.0984. The molecule has 6 nitrogen and oxygen atoms in total. The Labute approximate surface area is 164 Å². The van der Waals surface area contributed by atoms with E-state index < -0.39 is 37.7 Å². The number of sulfonamides is 1. The van der Waals surface area contributed by atoms with E-state index in [1.165, 1.54) is 17.2 Å². The molecule has 28 heavy (non-hydrogen) atoms. The summed E-state index contributed by atoms with van der Waals surface area (Å²) in [5, 5.41) is -0.573. The highest BCUT2D eigenvalue weighted by Crippen LogP contribution is 2.36. The summed E-state index contributed by atoms with van der Waals surface area (Å²) in [5.41, 5.74) is -1.21. The van der Waals surface area contributed by atoms with Gasteiger partial charge in [-0.3, -0.25) is 4.79 Å². The molecule has 0 unspecified atom stereocenters. The summed E-state index contributed by atoms with van der Waals surface area (Å²) in [6, 6.07) is 5.07. The lowest BCUT2D eigenvalue weighted by Gasteiger charge is -2.31. The molecule has 2 heterocycles. The number of piperidine rings is 1. The van der Waals surface area contributed by atoms with Gasteiger partial charge < -0.3 is 9.32 Å².